The van der Waals surface area contributed by atoms with Crippen molar-refractivity contribution in [2.24, 2.45) is 0 Å². The van der Waals surface area contributed by atoms with Gasteiger partial charge in [-0.1, -0.05) is 11.6 Å². The molecule has 0 aliphatic heterocycles. The number of nitriles is 2. The van der Waals surface area contributed by atoms with Gasteiger partial charge in [-0.15, -0.1) is 0 Å². The Kier molecular flexibility index (Phi) is 4.76. The summed E-state index contributed by atoms with van der Waals surface area (Å²) >= 11 is 0. The van der Waals surface area contributed by atoms with Crippen molar-refractivity contribution in [1.29, 1.82) is 10.5 Å². The van der Waals surface area contributed by atoms with Gasteiger partial charge in [0.1, 0.15) is 6.04 Å². The van der Waals surface area contributed by atoms with Crippen molar-refractivity contribution in [3.05, 3.63) is 11.6 Å². The fourth-order valence-corrected chi connectivity index (χ4v) is 0.789. The van der Waals surface area contributed by atoms with Crippen molar-refractivity contribution in [2.75, 3.05) is 13.6 Å². The maximum atomic E-state index is 8.73. The molecule has 0 bridgehead atoms. The van der Waals surface area contributed by atoms with Gasteiger partial charge < -0.3 is 0 Å². The lowest BCUT2D eigenvalue weighted by molar-refractivity contribution is 0.362. The maximum Gasteiger partial charge on any atom is 0.117 e. The summed E-state index contributed by atoms with van der Waals surface area (Å²) in [6.45, 7) is 4.15. The number of rotatable bonds is 3. The molecule has 3 nitrogen and oxygen atoms in total. The molecule has 3 heteroatoms. The third-order valence-electron chi connectivity index (χ3n) is 1.42. The van der Waals surface area contributed by atoms with E-state index in [-0.39, 0.29) is 12.6 Å². The van der Waals surface area contributed by atoms with E-state index in [2.05, 4.69) is 6.07 Å². The highest BCUT2D eigenvalue weighted by Crippen LogP contribution is 2.00. The Balaban J connectivity index is 4.30. The van der Waals surface area contributed by atoms with Crippen LogP contribution in [0, 0.1) is 22.7 Å². The molecular weight excluding hydrogens is 150 g/mol. The van der Waals surface area contributed by atoms with E-state index in [0.717, 1.165) is 5.57 Å². The van der Waals surface area contributed by atoms with Crippen LogP contribution in [-0.2, 0) is 0 Å². The third kappa shape index (κ3) is 3.75. The SMILES string of the molecule is CC(C)=CC(C#N)N(C)CC#N. The van der Waals surface area contributed by atoms with Crippen molar-refractivity contribution in [2.45, 2.75) is 19.9 Å². The van der Waals surface area contributed by atoms with Crippen LogP contribution in [0.5, 0.6) is 0 Å². The Morgan fingerprint density at radius 2 is 2.08 bits per heavy atom. The lowest BCUT2D eigenvalue weighted by Gasteiger charge is -2.15. The van der Waals surface area contributed by atoms with Gasteiger partial charge in [0.25, 0.3) is 0 Å². The second-order valence-electron chi connectivity index (χ2n) is 2.89. The molecule has 0 rings (SSSR count). The molecule has 0 spiro atoms. The van der Waals surface area contributed by atoms with Crippen LogP contribution < -0.4 is 0 Å². The summed E-state index contributed by atoms with van der Waals surface area (Å²) in [5.41, 5.74) is 1.09. The first kappa shape index (κ1) is 10.7. The van der Waals surface area contributed by atoms with Gasteiger partial charge in [0.15, 0.2) is 0 Å². The average molecular weight is 163 g/mol. The van der Waals surface area contributed by atoms with Crippen molar-refractivity contribution in [3.63, 3.8) is 0 Å². The zero-order valence-corrected chi connectivity index (χ0v) is 7.70. The molecule has 0 aromatic carbocycles. The molecule has 0 aliphatic rings. The highest BCUT2D eigenvalue weighted by atomic mass is 15.1. The Bertz CT molecular complexity index is 237. The van der Waals surface area contributed by atoms with Crippen LogP contribution in [0.4, 0.5) is 0 Å². The molecule has 0 radical (unpaired) electrons. The molecule has 1 unspecified atom stereocenters. The monoisotopic (exact) mass is 163 g/mol. The molecule has 64 valence electrons. The Morgan fingerprint density at radius 3 is 2.42 bits per heavy atom. The lowest BCUT2D eigenvalue weighted by atomic mass is 10.2. The van der Waals surface area contributed by atoms with Crippen LogP contribution >= 0.6 is 0 Å². The molecule has 0 amide bonds. The van der Waals surface area contributed by atoms with E-state index in [0.29, 0.717) is 0 Å². The van der Waals surface area contributed by atoms with Crippen molar-refractivity contribution < 1.29 is 0 Å². The summed E-state index contributed by atoms with van der Waals surface area (Å²) in [4.78, 5) is 1.70. The minimum absolute atomic E-state index is 0.280. The average Bonchev–Trinajstić information content (AvgIpc) is 2.00. The fourth-order valence-electron chi connectivity index (χ4n) is 0.789. The van der Waals surface area contributed by atoms with Gasteiger partial charge in [0.2, 0.25) is 0 Å². The van der Waals surface area contributed by atoms with Crippen LogP contribution in [0.25, 0.3) is 0 Å². The van der Waals surface area contributed by atoms with Crippen molar-refractivity contribution in [3.8, 4) is 12.1 Å². The fraction of sp³-hybridized carbons (Fsp3) is 0.556. The zero-order valence-electron chi connectivity index (χ0n) is 7.70. The van der Waals surface area contributed by atoms with E-state index in [9.17, 15) is 0 Å². The highest BCUT2D eigenvalue weighted by molar-refractivity contribution is 5.11. The predicted octanol–water partition coefficient (Wildman–Crippen LogP) is 1.30. The quantitative estimate of drug-likeness (QED) is 0.465. The molecule has 0 saturated carbocycles. The van der Waals surface area contributed by atoms with Crippen molar-refractivity contribution >= 4 is 0 Å². The number of nitrogens with zero attached hydrogens (tertiary/aromatic N) is 3. The molecule has 12 heavy (non-hydrogen) atoms. The van der Waals surface area contributed by atoms with E-state index in [1.54, 1.807) is 11.9 Å². The summed E-state index contributed by atoms with van der Waals surface area (Å²) in [6, 6.07) is 3.83. The van der Waals surface area contributed by atoms with Gasteiger partial charge in [0.05, 0.1) is 18.7 Å². The molecule has 0 aliphatic carbocycles. The molecular formula is C9H13N3. The van der Waals surface area contributed by atoms with Crippen LogP contribution in [0.15, 0.2) is 11.6 Å². The Morgan fingerprint density at radius 1 is 1.50 bits per heavy atom. The molecule has 1 atom stereocenters. The summed E-state index contributed by atoms with van der Waals surface area (Å²) < 4.78 is 0. The standard InChI is InChI=1S/C9H13N3/c1-8(2)6-9(7-11)12(3)5-4-10/h6,9H,5H2,1-3H3. The first-order valence-corrected chi connectivity index (χ1v) is 3.73. The van der Waals surface area contributed by atoms with Crippen LogP contribution in [0.1, 0.15) is 13.8 Å². The zero-order chi connectivity index (χ0) is 9.56. The Hall–Kier alpha value is -1.32. The highest BCUT2D eigenvalue weighted by Gasteiger charge is 2.09. The molecule has 0 N–H and O–H groups in total. The van der Waals surface area contributed by atoms with Crippen LogP contribution in [0.2, 0.25) is 0 Å². The molecule has 0 saturated heterocycles. The van der Waals surface area contributed by atoms with E-state index >= 15 is 0 Å². The van der Waals surface area contributed by atoms with E-state index in [1.165, 1.54) is 0 Å². The first-order chi connectivity index (χ1) is 5.61. The van der Waals surface area contributed by atoms with E-state index in [1.807, 2.05) is 26.0 Å². The van der Waals surface area contributed by atoms with E-state index in [4.69, 9.17) is 10.5 Å². The number of likely N-dealkylation sites (N-methyl/N-ethyl adjacent to an activating group) is 1. The smallest absolute Gasteiger partial charge is 0.117 e. The number of allylic oxidation sites excluding steroid dienone is 1. The van der Waals surface area contributed by atoms with Crippen molar-refractivity contribution in [1.82, 2.24) is 4.90 Å². The van der Waals surface area contributed by atoms with Gasteiger partial charge in [-0.3, -0.25) is 4.90 Å². The normalized spacial score (nSPS) is 11.5. The minimum Gasteiger partial charge on any atom is -0.275 e. The summed E-state index contributed by atoms with van der Waals surface area (Å²) in [5, 5.41) is 17.1. The van der Waals surface area contributed by atoms with E-state index < -0.39 is 0 Å². The minimum atomic E-state index is -0.283. The number of hydrogen-bond acceptors (Lipinski definition) is 3. The second-order valence-corrected chi connectivity index (χ2v) is 2.89. The van der Waals surface area contributed by atoms with Gasteiger partial charge >= 0.3 is 0 Å². The summed E-state index contributed by atoms with van der Waals surface area (Å²) in [7, 11) is 1.76. The summed E-state index contributed by atoms with van der Waals surface area (Å²) in [6.07, 6.45) is 1.84. The Labute approximate surface area is 73.5 Å². The van der Waals surface area contributed by atoms with Gasteiger partial charge in [-0.05, 0) is 20.9 Å². The predicted molar refractivity (Wildman–Crippen MR) is 47.1 cm³/mol. The second kappa shape index (κ2) is 5.35. The first-order valence-electron chi connectivity index (χ1n) is 3.73. The summed E-state index contributed by atoms with van der Waals surface area (Å²) in [5.74, 6) is 0. The van der Waals surface area contributed by atoms with Gasteiger partial charge in [0, 0.05) is 0 Å². The maximum absolute atomic E-state index is 8.73. The van der Waals surface area contributed by atoms with Crippen LogP contribution in [0.3, 0.4) is 0 Å². The molecule has 0 aromatic rings. The molecule has 0 fully saturated rings. The lowest BCUT2D eigenvalue weighted by Crippen LogP contribution is -2.29. The van der Waals surface area contributed by atoms with Gasteiger partial charge in [-0.2, -0.15) is 10.5 Å². The van der Waals surface area contributed by atoms with Gasteiger partial charge in [-0.25, -0.2) is 0 Å². The van der Waals surface area contributed by atoms with Crippen LogP contribution in [-0.4, -0.2) is 24.5 Å². The third-order valence-corrected chi connectivity index (χ3v) is 1.42. The topological polar surface area (TPSA) is 50.8 Å². The number of hydrogen-bond donors (Lipinski definition) is 0. The largest absolute Gasteiger partial charge is 0.275 e. The molecule has 0 heterocycles. The molecule has 0 aromatic heterocycles.